The number of nitrogens with two attached hydrogens (primary N) is 1. The molecule has 0 aliphatic heterocycles. The van der Waals surface area contributed by atoms with Gasteiger partial charge >= 0.3 is 6.09 Å². The Hall–Kier alpha value is -0.770. The number of hydrogen-bond acceptors (Lipinski definition) is 3. The van der Waals surface area contributed by atoms with E-state index >= 15 is 0 Å². The Bertz CT molecular complexity index is 283. The van der Waals surface area contributed by atoms with Gasteiger partial charge in [-0.3, -0.25) is 4.79 Å². The predicted octanol–water partition coefficient (Wildman–Crippen LogP) is 2.87. The number of hydrogen-bond donors (Lipinski definition) is 1. The number of Topliss-reactive ketones (excluding diaryl/α,β-unsaturated/α-hetero) is 1. The van der Waals surface area contributed by atoms with Gasteiger partial charge in [0, 0.05) is 18.7 Å². The predicted molar refractivity (Wildman–Crippen MR) is 70.6 cm³/mol. The van der Waals surface area contributed by atoms with Crippen LogP contribution in [0.2, 0.25) is 0 Å². The van der Waals surface area contributed by atoms with Crippen molar-refractivity contribution in [3.8, 4) is 0 Å². The van der Waals surface area contributed by atoms with Crippen LogP contribution < -0.4 is 5.73 Å². The lowest BCUT2D eigenvalue weighted by Gasteiger charge is -2.29. The highest BCUT2D eigenvalue weighted by Gasteiger charge is 2.26. The minimum absolute atomic E-state index is 0.356. The van der Waals surface area contributed by atoms with Crippen LogP contribution in [0.3, 0.4) is 0 Å². The molecule has 0 saturated heterocycles. The van der Waals surface area contributed by atoms with Gasteiger partial charge in [0.15, 0.2) is 0 Å². The zero-order valence-corrected chi connectivity index (χ0v) is 11.5. The molecule has 1 saturated carbocycles. The molecule has 0 heterocycles. The molecule has 2 atom stereocenters. The molecule has 1 amide bonds. The molecule has 1 aliphatic rings. The van der Waals surface area contributed by atoms with E-state index in [-0.39, 0.29) is 0 Å². The van der Waals surface area contributed by atoms with Crippen molar-refractivity contribution in [2.45, 2.75) is 44.9 Å². The summed E-state index contributed by atoms with van der Waals surface area (Å²) in [5, 5.41) is 0. The fourth-order valence-electron chi connectivity index (χ4n) is 2.73. The molecule has 0 radical (unpaired) electrons. The number of amides is 1. The van der Waals surface area contributed by atoms with Crippen LogP contribution >= 0.6 is 11.6 Å². The number of carbonyl (C=O) groups excluding carboxylic acids is 2. The Kier molecular flexibility index (Phi) is 7.09. The summed E-state index contributed by atoms with van der Waals surface area (Å²) in [6.45, 7) is 0.356. The summed E-state index contributed by atoms with van der Waals surface area (Å²) in [5.41, 5.74) is 4.90. The normalized spacial score (nSPS) is 21.6. The van der Waals surface area contributed by atoms with Crippen molar-refractivity contribution in [3.63, 3.8) is 0 Å². The van der Waals surface area contributed by atoms with E-state index in [1.807, 2.05) is 0 Å². The second kappa shape index (κ2) is 8.35. The first-order valence-corrected chi connectivity index (χ1v) is 7.16. The Morgan fingerprint density at radius 2 is 2.28 bits per heavy atom. The maximum Gasteiger partial charge on any atom is 0.404 e. The van der Waals surface area contributed by atoms with Crippen molar-refractivity contribution in [2.75, 3.05) is 12.5 Å². The van der Waals surface area contributed by atoms with E-state index in [9.17, 15) is 9.59 Å². The smallest absolute Gasteiger partial charge is 0.404 e. The largest absolute Gasteiger partial charge is 0.450 e. The van der Waals surface area contributed by atoms with Crippen LogP contribution in [0.25, 0.3) is 0 Å². The van der Waals surface area contributed by atoms with Crippen LogP contribution in [-0.2, 0) is 9.53 Å². The lowest BCUT2D eigenvalue weighted by Crippen LogP contribution is -2.24. The van der Waals surface area contributed by atoms with Gasteiger partial charge in [-0.1, -0.05) is 0 Å². The van der Waals surface area contributed by atoms with Gasteiger partial charge in [-0.05, 0) is 43.9 Å². The number of ether oxygens (including phenoxy) is 1. The Morgan fingerprint density at radius 3 is 2.89 bits per heavy atom. The minimum atomic E-state index is -0.725. The molecule has 1 rings (SSSR count). The van der Waals surface area contributed by atoms with Crippen LogP contribution in [0.4, 0.5) is 4.79 Å². The average molecular weight is 276 g/mol. The summed E-state index contributed by atoms with van der Waals surface area (Å²) in [4.78, 5) is 21.9. The summed E-state index contributed by atoms with van der Waals surface area (Å²) in [6.07, 6.45) is 5.47. The molecule has 0 aromatic rings. The molecule has 2 N–H and O–H groups in total. The fourth-order valence-corrected chi connectivity index (χ4v) is 3.01. The van der Waals surface area contributed by atoms with Gasteiger partial charge in [-0.2, -0.15) is 0 Å². The molecule has 4 nitrogen and oxygen atoms in total. The first-order valence-electron chi connectivity index (χ1n) is 6.63. The topological polar surface area (TPSA) is 69.4 Å². The Balaban J connectivity index is 2.33. The van der Waals surface area contributed by atoms with Crippen molar-refractivity contribution in [1.29, 1.82) is 0 Å². The number of primary amides is 1. The van der Waals surface area contributed by atoms with Crippen molar-refractivity contribution in [2.24, 2.45) is 17.6 Å². The molecular formula is C13H22ClNO3. The van der Waals surface area contributed by atoms with Crippen LogP contribution in [0.5, 0.6) is 0 Å². The highest BCUT2D eigenvalue weighted by atomic mass is 35.5. The van der Waals surface area contributed by atoms with Gasteiger partial charge < -0.3 is 10.5 Å². The molecule has 0 aromatic heterocycles. The summed E-state index contributed by atoms with van der Waals surface area (Å²) >= 11 is 5.82. The molecule has 1 unspecified atom stereocenters. The second-order valence-electron chi connectivity index (χ2n) is 4.94. The second-order valence-corrected chi connectivity index (χ2v) is 5.32. The molecule has 0 bridgehead atoms. The molecule has 5 heteroatoms. The summed E-state index contributed by atoms with van der Waals surface area (Å²) < 4.78 is 4.72. The van der Waals surface area contributed by atoms with Gasteiger partial charge in [0.05, 0.1) is 6.61 Å². The average Bonchev–Trinajstić information content (AvgIpc) is 2.33. The highest BCUT2D eigenvalue weighted by Crippen LogP contribution is 2.33. The van der Waals surface area contributed by atoms with E-state index in [1.165, 1.54) is 0 Å². The summed E-state index contributed by atoms with van der Waals surface area (Å²) in [5.74, 6) is 1.91. The van der Waals surface area contributed by atoms with Crippen molar-refractivity contribution < 1.29 is 14.3 Å². The SMILES string of the molecule is NC(=O)OCCC[C@@H](CCCl)C1CCCC(=O)C1. The van der Waals surface area contributed by atoms with E-state index < -0.39 is 6.09 Å². The summed E-state index contributed by atoms with van der Waals surface area (Å²) in [6, 6.07) is 0. The zero-order valence-electron chi connectivity index (χ0n) is 10.7. The number of rotatable bonds is 7. The van der Waals surface area contributed by atoms with Crippen LogP contribution in [-0.4, -0.2) is 24.4 Å². The standard InChI is InChI=1S/C13H22ClNO3/c14-7-6-10(4-2-8-18-13(15)17)11-3-1-5-12(16)9-11/h10-11H,1-9H2,(H2,15,17)/t10-,11?/m0/s1. The quantitative estimate of drug-likeness (QED) is 0.574. The van der Waals surface area contributed by atoms with E-state index in [1.54, 1.807) is 0 Å². The zero-order chi connectivity index (χ0) is 13.4. The number of carbonyl (C=O) groups is 2. The third-order valence-electron chi connectivity index (χ3n) is 3.63. The number of halogens is 1. The number of alkyl halides is 1. The minimum Gasteiger partial charge on any atom is -0.450 e. The first kappa shape index (κ1) is 15.3. The van der Waals surface area contributed by atoms with E-state index in [4.69, 9.17) is 22.1 Å². The van der Waals surface area contributed by atoms with Crippen LogP contribution in [0.1, 0.15) is 44.9 Å². The fraction of sp³-hybridized carbons (Fsp3) is 0.846. The molecular weight excluding hydrogens is 254 g/mol. The highest BCUT2D eigenvalue weighted by molar-refractivity contribution is 6.17. The van der Waals surface area contributed by atoms with Gasteiger partial charge in [0.1, 0.15) is 5.78 Å². The number of ketones is 1. The summed E-state index contributed by atoms with van der Waals surface area (Å²) in [7, 11) is 0. The maximum absolute atomic E-state index is 11.5. The molecule has 1 fully saturated rings. The van der Waals surface area contributed by atoms with Gasteiger partial charge in [0.25, 0.3) is 0 Å². The van der Waals surface area contributed by atoms with Gasteiger partial charge in [0.2, 0.25) is 0 Å². The lowest BCUT2D eigenvalue weighted by atomic mass is 9.76. The maximum atomic E-state index is 11.5. The third kappa shape index (κ3) is 5.71. The van der Waals surface area contributed by atoms with E-state index in [0.29, 0.717) is 36.5 Å². The van der Waals surface area contributed by atoms with Gasteiger partial charge in [-0.25, -0.2) is 4.79 Å². The van der Waals surface area contributed by atoms with Gasteiger partial charge in [-0.15, -0.1) is 11.6 Å². The van der Waals surface area contributed by atoms with Crippen molar-refractivity contribution >= 4 is 23.5 Å². The lowest BCUT2D eigenvalue weighted by molar-refractivity contribution is -0.122. The Labute approximate surface area is 113 Å². The van der Waals surface area contributed by atoms with Crippen LogP contribution in [0, 0.1) is 11.8 Å². The first-order chi connectivity index (χ1) is 8.63. The van der Waals surface area contributed by atoms with E-state index in [2.05, 4.69) is 0 Å². The van der Waals surface area contributed by atoms with Crippen LogP contribution in [0.15, 0.2) is 0 Å². The Morgan fingerprint density at radius 1 is 1.50 bits per heavy atom. The molecule has 18 heavy (non-hydrogen) atoms. The third-order valence-corrected chi connectivity index (χ3v) is 3.85. The van der Waals surface area contributed by atoms with Crippen molar-refractivity contribution in [3.05, 3.63) is 0 Å². The molecule has 1 aliphatic carbocycles. The molecule has 0 aromatic carbocycles. The molecule has 0 spiro atoms. The molecule has 104 valence electrons. The monoisotopic (exact) mass is 275 g/mol. The van der Waals surface area contributed by atoms with E-state index in [0.717, 1.165) is 38.5 Å². The van der Waals surface area contributed by atoms with Crippen molar-refractivity contribution in [1.82, 2.24) is 0 Å².